The molecule has 1 rings (SSSR count). The van der Waals surface area contributed by atoms with Crippen LogP contribution in [0.5, 0.6) is 0 Å². The topological polar surface area (TPSA) is 90.2 Å². The van der Waals surface area contributed by atoms with E-state index in [2.05, 4.69) is 20.9 Å². The molecule has 9 heteroatoms. The van der Waals surface area contributed by atoms with E-state index in [-0.39, 0.29) is 4.47 Å². The van der Waals surface area contributed by atoms with Gasteiger partial charge in [-0.05, 0) is 9.91 Å². The van der Waals surface area contributed by atoms with Gasteiger partial charge in [0.2, 0.25) is 0 Å². The molecular formula is C5H2BrClN2O4S. The fraction of sp³-hybridized carbons (Fsp3) is 0. The number of hydrogen-bond donors (Lipinski definition) is 0. The molecule has 0 atom stereocenters. The van der Waals surface area contributed by atoms with Crippen molar-refractivity contribution < 1.29 is 13.3 Å². The molecule has 0 aliphatic carbocycles. The Labute approximate surface area is 91.6 Å². The van der Waals surface area contributed by atoms with Gasteiger partial charge in [0.05, 0.1) is 6.07 Å². The van der Waals surface area contributed by atoms with Crippen LogP contribution >= 0.6 is 26.6 Å². The van der Waals surface area contributed by atoms with Gasteiger partial charge in [0, 0.05) is 21.2 Å². The number of rotatable bonds is 2. The molecule has 14 heavy (non-hydrogen) atoms. The number of nitrogens with zero attached hydrogens (tertiary/aromatic N) is 2. The molecule has 0 saturated carbocycles. The minimum Gasteiger partial charge on any atom is -0.358 e. The summed E-state index contributed by atoms with van der Waals surface area (Å²) < 4.78 is 21.9. The summed E-state index contributed by atoms with van der Waals surface area (Å²) in [5.41, 5.74) is 0. The molecule has 0 unspecified atom stereocenters. The molecule has 0 amide bonds. The number of halogens is 2. The van der Waals surface area contributed by atoms with Gasteiger partial charge in [-0.15, -0.1) is 0 Å². The van der Waals surface area contributed by atoms with Crippen molar-refractivity contribution in [3.63, 3.8) is 0 Å². The van der Waals surface area contributed by atoms with Crippen molar-refractivity contribution in [3.8, 4) is 0 Å². The maximum Gasteiger partial charge on any atom is 0.366 e. The lowest BCUT2D eigenvalue weighted by Gasteiger charge is -1.94. The van der Waals surface area contributed by atoms with Gasteiger partial charge >= 0.3 is 14.9 Å². The number of aromatic nitrogens is 1. The highest BCUT2D eigenvalue weighted by atomic mass is 79.9. The third kappa shape index (κ3) is 2.63. The number of nitro groups is 1. The summed E-state index contributed by atoms with van der Waals surface area (Å²) in [6.45, 7) is 0. The minimum absolute atomic E-state index is 0.221. The van der Waals surface area contributed by atoms with Crippen molar-refractivity contribution in [2.75, 3.05) is 0 Å². The van der Waals surface area contributed by atoms with Gasteiger partial charge in [0.1, 0.15) is 0 Å². The van der Waals surface area contributed by atoms with E-state index in [1.54, 1.807) is 0 Å². The van der Waals surface area contributed by atoms with Crippen LogP contribution in [0.4, 0.5) is 5.82 Å². The number of pyridine rings is 1. The molecule has 0 aliphatic heterocycles. The molecule has 1 aromatic heterocycles. The van der Waals surface area contributed by atoms with E-state index in [0.29, 0.717) is 0 Å². The van der Waals surface area contributed by atoms with E-state index in [4.69, 9.17) is 10.7 Å². The third-order valence-corrected chi connectivity index (χ3v) is 2.83. The van der Waals surface area contributed by atoms with E-state index in [1.165, 1.54) is 0 Å². The Balaban J connectivity index is 3.43. The Morgan fingerprint density at radius 3 is 2.50 bits per heavy atom. The predicted octanol–water partition coefficient (Wildman–Crippen LogP) is 1.68. The van der Waals surface area contributed by atoms with Crippen LogP contribution in [0.3, 0.4) is 0 Å². The fourth-order valence-corrected chi connectivity index (χ4v) is 1.96. The highest BCUT2D eigenvalue weighted by Gasteiger charge is 2.22. The van der Waals surface area contributed by atoms with Crippen LogP contribution < -0.4 is 0 Å². The molecule has 76 valence electrons. The van der Waals surface area contributed by atoms with Crippen LogP contribution in [0.1, 0.15) is 0 Å². The van der Waals surface area contributed by atoms with Gasteiger partial charge in [0.15, 0.2) is 0 Å². The van der Waals surface area contributed by atoms with Crippen molar-refractivity contribution in [2.24, 2.45) is 0 Å². The van der Waals surface area contributed by atoms with Crippen molar-refractivity contribution in [3.05, 3.63) is 26.7 Å². The molecule has 0 fully saturated rings. The van der Waals surface area contributed by atoms with Gasteiger partial charge in [0.25, 0.3) is 5.03 Å². The molecule has 0 aliphatic rings. The SMILES string of the molecule is O=[N+]([O-])c1cc(Br)cc(S(=O)(=O)Cl)n1. The Kier molecular flexibility index (Phi) is 3.07. The highest BCUT2D eigenvalue weighted by Crippen LogP contribution is 2.22. The minimum atomic E-state index is -4.05. The quantitative estimate of drug-likeness (QED) is 0.471. The van der Waals surface area contributed by atoms with E-state index >= 15 is 0 Å². The second kappa shape index (κ2) is 3.79. The van der Waals surface area contributed by atoms with Gasteiger partial charge in [-0.1, -0.05) is 15.9 Å². The maximum atomic E-state index is 10.8. The van der Waals surface area contributed by atoms with Gasteiger partial charge in [-0.3, -0.25) is 0 Å². The molecule has 6 nitrogen and oxygen atoms in total. The van der Waals surface area contributed by atoms with Crippen molar-refractivity contribution in [1.29, 1.82) is 0 Å². The van der Waals surface area contributed by atoms with Crippen molar-refractivity contribution in [1.82, 2.24) is 4.98 Å². The summed E-state index contributed by atoms with van der Waals surface area (Å²) >= 11 is 2.91. The molecular weight excluding hydrogens is 299 g/mol. The lowest BCUT2D eigenvalue weighted by molar-refractivity contribution is -0.390. The van der Waals surface area contributed by atoms with Crippen molar-refractivity contribution >= 4 is 41.5 Å². The van der Waals surface area contributed by atoms with E-state index in [0.717, 1.165) is 12.1 Å². The summed E-state index contributed by atoms with van der Waals surface area (Å²) in [5.74, 6) is -0.585. The maximum absolute atomic E-state index is 10.8. The zero-order valence-corrected chi connectivity index (χ0v) is 9.50. The third-order valence-electron chi connectivity index (χ3n) is 1.19. The van der Waals surface area contributed by atoms with Gasteiger partial charge in [-0.25, -0.2) is 8.42 Å². The first-order valence-electron chi connectivity index (χ1n) is 3.07. The normalized spacial score (nSPS) is 11.3. The average Bonchev–Trinajstić information content (AvgIpc) is 2.01. The molecule has 1 aromatic rings. The summed E-state index contributed by atoms with van der Waals surface area (Å²) in [7, 11) is 0.919. The monoisotopic (exact) mass is 300 g/mol. The molecule has 0 saturated heterocycles. The van der Waals surface area contributed by atoms with E-state index in [9.17, 15) is 18.5 Å². The summed E-state index contributed by atoms with van der Waals surface area (Å²) in [6, 6.07) is 2.15. The second-order valence-electron chi connectivity index (χ2n) is 2.18. The average molecular weight is 302 g/mol. The van der Waals surface area contributed by atoms with Crippen LogP contribution in [0, 0.1) is 10.1 Å². The van der Waals surface area contributed by atoms with Crippen LogP contribution in [0.25, 0.3) is 0 Å². The Morgan fingerprint density at radius 1 is 1.50 bits per heavy atom. The summed E-state index contributed by atoms with van der Waals surface area (Å²) in [4.78, 5) is 12.8. The molecule has 0 bridgehead atoms. The predicted molar refractivity (Wildman–Crippen MR) is 51.6 cm³/mol. The fourth-order valence-electron chi connectivity index (χ4n) is 0.679. The zero-order valence-electron chi connectivity index (χ0n) is 6.35. The van der Waals surface area contributed by atoms with Crippen molar-refractivity contribution in [2.45, 2.75) is 5.03 Å². The molecule has 0 aromatic carbocycles. The van der Waals surface area contributed by atoms with Gasteiger partial charge in [-0.2, -0.15) is 0 Å². The lowest BCUT2D eigenvalue weighted by Crippen LogP contribution is -1.99. The van der Waals surface area contributed by atoms with Crippen LogP contribution in [0.15, 0.2) is 21.6 Å². The van der Waals surface area contributed by atoms with Crippen LogP contribution in [-0.4, -0.2) is 18.3 Å². The Bertz CT molecular complexity index is 489. The van der Waals surface area contributed by atoms with E-state index < -0.39 is 24.8 Å². The lowest BCUT2D eigenvalue weighted by atomic mass is 10.5. The Morgan fingerprint density at radius 2 is 2.07 bits per heavy atom. The first kappa shape index (κ1) is 11.3. The summed E-state index contributed by atoms with van der Waals surface area (Å²) in [6.07, 6.45) is 0. The summed E-state index contributed by atoms with van der Waals surface area (Å²) in [5, 5.41) is 9.76. The van der Waals surface area contributed by atoms with E-state index in [1.807, 2.05) is 0 Å². The molecule has 0 spiro atoms. The molecule has 0 radical (unpaired) electrons. The smallest absolute Gasteiger partial charge is 0.358 e. The van der Waals surface area contributed by atoms with Crippen LogP contribution in [-0.2, 0) is 9.05 Å². The zero-order chi connectivity index (χ0) is 10.9. The van der Waals surface area contributed by atoms with Gasteiger partial charge < -0.3 is 10.1 Å². The molecule has 1 heterocycles. The largest absolute Gasteiger partial charge is 0.366 e. The number of hydrogen-bond acceptors (Lipinski definition) is 5. The standard InChI is InChI=1S/C5H2BrClN2O4S/c6-3-1-4(9(10)11)8-5(2-3)14(7,12)13/h1-2H. The highest BCUT2D eigenvalue weighted by molar-refractivity contribution is 9.10. The Hall–Kier alpha value is -0.730. The first-order chi connectivity index (χ1) is 6.30. The molecule has 0 N–H and O–H groups in total. The first-order valence-corrected chi connectivity index (χ1v) is 6.17. The van der Waals surface area contributed by atoms with Crippen LogP contribution in [0.2, 0.25) is 0 Å². The second-order valence-corrected chi connectivity index (χ2v) is 5.61.